The second-order valence-corrected chi connectivity index (χ2v) is 17.1. The van der Waals surface area contributed by atoms with Crippen molar-refractivity contribution >= 4 is 17.9 Å². The lowest BCUT2D eigenvalue weighted by atomic mass is 10.0. The SMILES string of the molecule is CC(C)CCCCCCCCCCCC(=O)OC[C@H](COC(=O)CCCCCCCCCCC(C)C)OC(=O)CCCCCCCCCCC(C)C. The highest BCUT2D eigenvalue weighted by molar-refractivity contribution is 5.71. The second-order valence-electron chi connectivity index (χ2n) is 17.1. The molecule has 6 heteroatoms. The van der Waals surface area contributed by atoms with Crippen LogP contribution in [0.25, 0.3) is 0 Å². The van der Waals surface area contributed by atoms with E-state index >= 15 is 0 Å². The first-order valence-corrected chi connectivity index (χ1v) is 22.6. The van der Waals surface area contributed by atoms with E-state index in [1.54, 1.807) is 0 Å². The number of ether oxygens (including phenoxy) is 3. The molecule has 0 rings (SSSR count). The first-order chi connectivity index (χ1) is 25.1. The minimum absolute atomic E-state index is 0.0668. The summed E-state index contributed by atoms with van der Waals surface area (Å²) in [5.41, 5.74) is 0. The molecule has 6 nitrogen and oxygen atoms in total. The van der Waals surface area contributed by atoms with E-state index in [0.717, 1.165) is 75.5 Å². The van der Waals surface area contributed by atoms with E-state index < -0.39 is 6.10 Å². The van der Waals surface area contributed by atoms with Crippen LogP contribution in [0.3, 0.4) is 0 Å². The van der Waals surface area contributed by atoms with Gasteiger partial charge in [-0.25, -0.2) is 0 Å². The molecule has 0 fully saturated rings. The number of unbranched alkanes of at least 4 members (excludes halogenated alkanes) is 22. The second kappa shape index (κ2) is 37.7. The minimum Gasteiger partial charge on any atom is -0.462 e. The highest BCUT2D eigenvalue weighted by atomic mass is 16.6. The fourth-order valence-electron chi connectivity index (χ4n) is 6.70. The molecule has 0 saturated heterocycles. The Morgan fingerprint density at radius 1 is 0.327 bits per heavy atom. The maximum atomic E-state index is 12.7. The predicted octanol–water partition coefficient (Wildman–Crippen LogP) is 14.0. The zero-order chi connectivity index (χ0) is 38.5. The summed E-state index contributed by atoms with van der Waals surface area (Å²) in [5.74, 6) is 1.53. The molecule has 308 valence electrons. The van der Waals surface area contributed by atoms with Crippen LogP contribution in [0.2, 0.25) is 0 Å². The van der Waals surface area contributed by atoms with Gasteiger partial charge in [-0.1, -0.05) is 202 Å². The molecule has 0 aromatic rings. The van der Waals surface area contributed by atoms with Gasteiger partial charge in [0.25, 0.3) is 0 Å². The van der Waals surface area contributed by atoms with Crippen LogP contribution in [0.15, 0.2) is 0 Å². The van der Waals surface area contributed by atoms with Crippen molar-refractivity contribution in [3.63, 3.8) is 0 Å². The Bertz CT molecular complexity index is 807. The maximum Gasteiger partial charge on any atom is 0.306 e. The Hall–Kier alpha value is -1.59. The van der Waals surface area contributed by atoms with Crippen molar-refractivity contribution in [2.75, 3.05) is 13.2 Å². The van der Waals surface area contributed by atoms with E-state index in [-0.39, 0.29) is 31.1 Å². The summed E-state index contributed by atoms with van der Waals surface area (Å²) in [7, 11) is 0. The van der Waals surface area contributed by atoms with Gasteiger partial charge in [-0.05, 0) is 37.0 Å². The monoisotopic (exact) mass is 737 g/mol. The molecule has 1 atom stereocenters. The van der Waals surface area contributed by atoms with Gasteiger partial charge in [-0.3, -0.25) is 14.4 Å². The van der Waals surface area contributed by atoms with Gasteiger partial charge >= 0.3 is 17.9 Å². The fraction of sp³-hybridized carbons (Fsp3) is 0.935. The molecule has 0 aliphatic heterocycles. The zero-order valence-electron chi connectivity index (χ0n) is 35.6. The molecule has 0 saturated carbocycles. The molecule has 0 aromatic carbocycles. The van der Waals surface area contributed by atoms with E-state index in [9.17, 15) is 14.4 Å². The molecule has 0 radical (unpaired) electrons. The average Bonchev–Trinajstić information content (AvgIpc) is 3.09. The first-order valence-electron chi connectivity index (χ1n) is 22.6. The Labute approximate surface area is 323 Å². The topological polar surface area (TPSA) is 78.9 Å². The molecular formula is C46H88O6. The summed E-state index contributed by atoms with van der Waals surface area (Å²) in [6, 6.07) is 0. The smallest absolute Gasteiger partial charge is 0.306 e. The normalized spacial score (nSPS) is 12.2. The van der Waals surface area contributed by atoms with Crippen LogP contribution in [0, 0.1) is 17.8 Å². The third-order valence-corrected chi connectivity index (χ3v) is 10.1. The molecular weight excluding hydrogens is 648 g/mol. The molecule has 0 N–H and O–H groups in total. The van der Waals surface area contributed by atoms with Crippen molar-refractivity contribution in [2.45, 2.75) is 247 Å². The van der Waals surface area contributed by atoms with Crippen molar-refractivity contribution in [3.8, 4) is 0 Å². The van der Waals surface area contributed by atoms with Gasteiger partial charge in [0.05, 0.1) is 0 Å². The quantitative estimate of drug-likeness (QED) is 0.0355. The maximum absolute atomic E-state index is 12.7. The van der Waals surface area contributed by atoms with E-state index in [0.29, 0.717) is 19.3 Å². The molecule has 0 amide bonds. The lowest BCUT2D eigenvalue weighted by Crippen LogP contribution is -2.30. The highest BCUT2D eigenvalue weighted by Gasteiger charge is 2.19. The number of esters is 3. The van der Waals surface area contributed by atoms with E-state index in [1.165, 1.54) is 122 Å². The van der Waals surface area contributed by atoms with Gasteiger partial charge in [0.2, 0.25) is 0 Å². The summed E-state index contributed by atoms with van der Waals surface area (Å²) in [5, 5.41) is 0. The van der Waals surface area contributed by atoms with Gasteiger partial charge in [0.1, 0.15) is 13.2 Å². The van der Waals surface area contributed by atoms with Crippen LogP contribution in [0.5, 0.6) is 0 Å². The Kier molecular flexibility index (Phi) is 36.6. The summed E-state index contributed by atoms with van der Waals surface area (Å²) in [6.07, 6.45) is 33.8. The van der Waals surface area contributed by atoms with E-state index in [1.807, 2.05) is 0 Å². The summed E-state index contributed by atoms with van der Waals surface area (Å²) in [6.45, 7) is 13.6. The average molecular weight is 737 g/mol. The Balaban J connectivity index is 4.35. The highest BCUT2D eigenvalue weighted by Crippen LogP contribution is 2.16. The largest absolute Gasteiger partial charge is 0.462 e. The van der Waals surface area contributed by atoms with Gasteiger partial charge in [0, 0.05) is 19.3 Å². The molecule has 0 unspecified atom stereocenters. The number of carbonyl (C=O) groups excluding carboxylic acids is 3. The van der Waals surface area contributed by atoms with Crippen molar-refractivity contribution < 1.29 is 28.6 Å². The van der Waals surface area contributed by atoms with Crippen molar-refractivity contribution in [1.29, 1.82) is 0 Å². The third kappa shape index (κ3) is 39.6. The van der Waals surface area contributed by atoms with Crippen molar-refractivity contribution in [2.24, 2.45) is 17.8 Å². The lowest BCUT2D eigenvalue weighted by Gasteiger charge is -2.18. The van der Waals surface area contributed by atoms with E-state index in [2.05, 4.69) is 41.5 Å². The molecule has 0 bridgehead atoms. The van der Waals surface area contributed by atoms with Crippen LogP contribution in [-0.2, 0) is 28.6 Å². The summed E-state index contributed by atoms with van der Waals surface area (Å²) < 4.78 is 16.7. The van der Waals surface area contributed by atoms with Crippen LogP contribution in [0.4, 0.5) is 0 Å². The van der Waals surface area contributed by atoms with Crippen molar-refractivity contribution in [3.05, 3.63) is 0 Å². The van der Waals surface area contributed by atoms with Crippen LogP contribution in [0.1, 0.15) is 241 Å². The van der Waals surface area contributed by atoms with Gasteiger partial charge in [-0.2, -0.15) is 0 Å². The summed E-state index contributed by atoms with van der Waals surface area (Å²) in [4.78, 5) is 37.7. The Morgan fingerprint density at radius 2 is 0.558 bits per heavy atom. The van der Waals surface area contributed by atoms with E-state index in [4.69, 9.17) is 14.2 Å². The van der Waals surface area contributed by atoms with Crippen LogP contribution >= 0.6 is 0 Å². The fourth-order valence-corrected chi connectivity index (χ4v) is 6.70. The van der Waals surface area contributed by atoms with Gasteiger partial charge in [-0.15, -0.1) is 0 Å². The first kappa shape index (κ1) is 50.4. The Morgan fingerprint density at radius 3 is 0.827 bits per heavy atom. The molecule has 0 aliphatic carbocycles. The predicted molar refractivity (Wildman–Crippen MR) is 219 cm³/mol. The molecule has 0 aliphatic rings. The number of carbonyl (C=O) groups is 3. The minimum atomic E-state index is -0.762. The number of rotatable bonds is 39. The van der Waals surface area contributed by atoms with Crippen molar-refractivity contribution in [1.82, 2.24) is 0 Å². The van der Waals surface area contributed by atoms with Gasteiger partial charge in [0.15, 0.2) is 6.10 Å². The molecule has 0 heterocycles. The van der Waals surface area contributed by atoms with Crippen LogP contribution < -0.4 is 0 Å². The molecule has 52 heavy (non-hydrogen) atoms. The molecule has 0 aromatic heterocycles. The van der Waals surface area contributed by atoms with Crippen LogP contribution in [-0.4, -0.2) is 37.2 Å². The zero-order valence-corrected chi connectivity index (χ0v) is 35.6. The summed E-state index contributed by atoms with van der Waals surface area (Å²) >= 11 is 0. The third-order valence-electron chi connectivity index (χ3n) is 10.1. The van der Waals surface area contributed by atoms with Gasteiger partial charge < -0.3 is 14.2 Å². The lowest BCUT2D eigenvalue weighted by molar-refractivity contribution is -0.167. The number of hydrogen-bond acceptors (Lipinski definition) is 6. The molecule has 0 spiro atoms. The standard InChI is InChI=1S/C46H88O6/c1-40(2)32-26-20-14-8-7-9-17-23-29-35-44(47)50-38-43(52-46(49)37-31-25-19-13-11-16-22-28-34-42(5)6)39-51-45(48)36-30-24-18-12-10-15-21-27-33-41(3)4/h40-43H,7-39H2,1-6H3/t43-/m1/s1. The number of hydrogen-bond donors (Lipinski definition) is 0.